The Balaban J connectivity index is 1.24. The number of rotatable bonds is 15. The second-order valence-electron chi connectivity index (χ2n) is 10.8. The van der Waals surface area contributed by atoms with Gasteiger partial charge in [0.1, 0.15) is 41.9 Å². The molecule has 1 saturated heterocycles. The number of carboxylic acids is 1. The zero-order valence-electron chi connectivity index (χ0n) is 26.0. The molecule has 5 rings (SSSR count). The maximum Gasteiger partial charge on any atom is 0.352 e. The van der Waals surface area contributed by atoms with Crippen molar-refractivity contribution in [3.05, 3.63) is 80.8 Å². The summed E-state index contributed by atoms with van der Waals surface area (Å²) in [5.74, 6) is -2.25. The summed E-state index contributed by atoms with van der Waals surface area (Å²) >= 11 is 6.25. The number of aromatic nitrogens is 2. The van der Waals surface area contributed by atoms with Crippen LogP contribution < -0.4 is 15.6 Å². The van der Waals surface area contributed by atoms with E-state index in [2.05, 4.69) is 15.3 Å². The molecule has 48 heavy (non-hydrogen) atoms. The van der Waals surface area contributed by atoms with E-state index in [1.54, 1.807) is 37.4 Å². The fraction of sp³-hybridized carbons (Fsp3) is 0.344. The molecule has 2 amide bonds. The summed E-state index contributed by atoms with van der Waals surface area (Å²) in [5.41, 5.74) is 1.36. The Bertz CT molecular complexity index is 1880. The van der Waals surface area contributed by atoms with Gasteiger partial charge in [0.05, 0.1) is 59.4 Å². The summed E-state index contributed by atoms with van der Waals surface area (Å²) in [6.07, 6.45) is 2.96. The van der Waals surface area contributed by atoms with Crippen molar-refractivity contribution in [3.8, 4) is 17.1 Å². The van der Waals surface area contributed by atoms with Crippen LogP contribution in [0.3, 0.4) is 0 Å². The zero-order valence-corrected chi connectivity index (χ0v) is 27.6. The van der Waals surface area contributed by atoms with Crippen LogP contribution in [0.5, 0.6) is 5.75 Å². The van der Waals surface area contributed by atoms with Gasteiger partial charge in [-0.1, -0.05) is 29.3 Å². The van der Waals surface area contributed by atoms with Crippen LogP contribution in [0.1, 0.15) is 5.56 Å². The molecule has 3 heterocycles. The van der Waals surface area contributed by atoms with Gasteiger partial charge in [0.2, 0.25) is 5.91 Å². The topological polar surface area (TPSA) is 186 Å². The van der Waals surface area contributed by atoms with Crippen LogP contribution in [0.4, 0.5) is 0 Å². The number of methoxy groups -OCH3 is 1. The van der Waals surface area contributed by atoms with Gasteiger partial charge < -0.3 is 34.4 Å². The van der Waals surface area contributed by atoms with E-state index >= 15 is 0 Å². The van der Waals surface area contributed by atoms with Crippen molar-refractivity contribution in [2.24, 2.45) is 0 Å². The van der Waals surface area contributed by atoms with E-state index in [0.717, 1.165) is 10.5 Å². The lowest BCUT2D eigenvalue weighted by atomic mass is 10.0. The molecule has 0 radical (unpaired) electrons. The van der Waals surface area contributed by atoms with E-state index in [1.165, 1.54) is 12.2 Å². The van der Waals surface area contributed by atoms with Crippen molar-refractivity contribution >= 4 is 51.1 Å². The maximum absolute atomic E-state index is 13.2. The van der Waals surface area contributed by atoms with Crippen molar-refractivity contribution in [1.82, 2.24) is 20.2 Å². The van der Waals surface area contributed by atoms with Gasteiger partial charge in [-0.15, -0.1) is 0 Å². The first-order chi connectivity index (χ1) is 23.1. The lowest BCUT2D eigenvalue weighted by molar-refractivity contribution is -0.151. The van der Waals surface area contributed by atoms with Crippen LogP contribution in [0.15, 0.2) is 64.6 Å². The van der Waals surface area contributed by atoms with Crippen LogP contribution >= 0.6 is 11.6 Å². The first-order valence-corrected chi connectivity index (χ1v) is 16.6. The average Bonchev–Trinajstić information content (AvgIpc) is 3.05. The molecule has 2 unspecified atom stereocenters. The number of aromatic amines is 1. The van der Waals surface area contributed by atoms with E-state index < -0.39 is 40.0 Å². The predicted molar refractivity (Wildman–Crippen MR) is 176 cm³/mol. The highest BCUT2D eigenvalue weighted by molar-refractivity contribution is 7.86. The molecule has 1 fully saturated rings. The number of halogens is 1. The Morgan fingerprint density at radius 1 is 1.15 bits per heavy atom. The Kier molecular flexibility index (Phi) is 11.4. The minimum absolute atomic E-state index is 0.0534. The summed E-state index contributed by atoms with van der Waals surface area (Å²) in [6.45, 7) is 2.67. The van der Waals surface area contributed by atoms with Gasteiger partial charge in [-0.05, 0) is 48.9 Å². The predicted octanol–water partition coefficient (Wildman–Crippen LogP) is 1.92. The molecule has 3 aromatic rings. The van der Waals surface area contributed by atoms with Gasteiger partial charge >= 0.3 is 5.97 Å². The number of carboxylic acid groups (broad SMARTS) is 1. The van der Waals surface area contributed by atoms with Crippen LogP contribution in [0, 0.1) is 6.92 Å². The molecular formula is C32H33ClN4O10S. The molecule has 0 saturated carbocycles. The number of nitrogens with one attached hydrogen (secondary N) is 2. The molecule has 3 atom stereocenters. The highest BCUT2D eigenvalue weighted by Gasteiger charge is 2.56. The van der Waals surface area contributed by atoms with Gasteiger partial charge in [0.25, 0.3) is 11.5 Å². The Hall–Kier alpha value is -4.41. The third-order valence-corrected chi connectivity index (χ3v) is 9.28. The lowest BCUT2D eigenvalue weighted by Crippen LogP contribution is -2.73. The minimum Gasteiger partial charge on any atom is -0.489 e. The molecule has 3 N–H and O–H groups in total. The molecule has 14 nitrogen and oxygen atoms in total. The van der Waals surface area contributed by atoms with Gasteiger partial charge in [-0.3, -0.25) is 23.5 Å². The molecule has 2 aliphatic heterocycles. The number of β-lactam (4-membered cyclic amide) rings is 1. The van der Waals surface area contributed by atoms with E-state index in [9.17, 15) is 28.5 Å². The highest BCUT2D eigenvalue weighted by Crippen LogP contribution is 2.35. The van der Waals surface area contributed by atoms with Crippen molar-refractivity contribution in [2.45, 2.75) is 18.3 Å². The summed E-state index contributed by atoms with van der Waals surface area (Å²) < 4.78 is 34.4. The third kappa shape index (κ3) is 7.82. The standard InChI is InChI=1S/C32H33ClN4O10S/c1-18-5-7-23-21(14-18)29(39)36-28(34-23)22-15-20(33)6-8-24(22)47-9-3-4-19-17-48(43)31-26(30(40)37(31)27(19)32(41)42)35-25(38)16-46-13-12-45-11-10-44-2/h3-8,14-15,26,31H,9-13,16-17H2,1-2H3,(H,35,38)(H,41,42)(H,34,36,39)/b4-3+/t26-,31?,48?/m1/s1. The number of benzene rings is 2. The minimum atomic E-state index is -1.72. The van der Waals surface area contributed by atoms with Crippen LogP contribution in [-0.2, 0) is 39.4 Å². The number of hydrogen-bond donors (Lipinski definition) is 3. The summed E-state index contributed by atoms with van der Waals surface area (Å²) in [7, 11) is -0.168. The normalized spacial score (nSPS) is 19.0. The fourth-order valence-electron chi connectivity index (χ4n) is 5.20. The smallest absolute Gasteiger partial charge is 0.352 e. The van der Waals surface area contributed by atoms with Crippen LogP contribution in [0.2, 0.25) is 5.02 Å². The molecule has 0 aliphatic carbocycles. The SMILES string of the molecule is COCCOCCOCC(=O)N[C@@H]1C(=O)N2C(C(=O)O)=C(/C=C/COc3ccc(Cl)cc3-c3nc4ccc(C)cc4c(=O)[nH]3)CS(=O)C12. The molecule has 1 aromatic heterocycles. The van der Waals surface area contributed by atoms with Gasteiger partial charge in [-0.25, -0.2) is 9.78 Å². The number of nitrogens with zero attached hydrogens (tertiary/aromatic N) is 2. The molecular weight excluding hydrogens is 668 g/mol. The monoisotopic (exact) mass is 700 g/mol. The van der Waals surface area contributed by atoms with E-state index in [0.29, 0.717) is 40.5 Å². The van der Waals surface area contributed by atoms with Gasteiger partial charge in [0.15, 0.2) is 0 Å². The molecule has 254 valence electrons. The van der Waals surface area contributed by atoms with E-state index in [1.807, 2.05) is 13.0 Å². The number of ether oxygens (including phenoxy) is 4. The average molecular weight is 701 g/mol. The number of carbonyl (C=O) groups is 3. The first-order valence-electron chi connectivity index (χ1n) is 14.8. The highest BCUT2D eigenvalue weighted by atomic mass is 35.5. The molecule has 0 spiro atoms. The largest absolute Gasteiger partial charge is 0.489 e. The first kappa shape index (κ1) is 34.9. The number of carbonyl (C=O) groups excluding carboxylic acids is 2. The Labute approximate surface area is 282 Å². The number of aryl methyl sites for hydroxylation is 1. The molecule has 16 heteroatoms. The Morgan fingerprint density at radius 3 is 2.69 bits per heavy atom. The third-order valence-electron chi connectivity index (χ3n) is 7.42. The van der Waals surface area contributed by atoms with Crippen molar-refractivity contribution in [1.29, 1.82) is 0 Å². The van der Waals surface area contributed by atoms with E-state index in [-0.39, 0.29) is 54.8 Å². The zero-order chi connectivity index (χ0) is 34.4. The molecule has 0 bridgehead atoms. The van der Waals surface area contributed by atoms with Crippen LogP contribution in [0.25, 0.3) is 22.3 Å². The summed E-state index contributed by atoms with van der Waals surface area (Å²) in [5, 5.41) is 12.3. The maximum atomic E-state index is 13.2. The number of allylic oxidation sites excluding steroid dienone is 1. The quantitative estimate of drug-likeness (QED) is 0.155. The Morgan fingerprint density at radius 2 is 1.92 bits per heavy atom. The number of hydrogen-bond acceptors (Lipinski definition) is 10. The van der Waals surface area contributed by atoms with Crippen LogP contribution in [-0.4, -0.2) is 106 Å². The van der Waals surface area contributed by atoms with Crippen molar-refractivity contribution in [2.75, 3.05) is 52.5 Å². The number of amides is 2. The number of fused-ring (bicyclic) bond motifs is 2. The van der Waals surface area contributed by atoms with Crippen molar-refractivity contribution in [3.63, 3.8) is 0 Å². The summed E-state index contributed by atoms with van der Waals surface area (Å²) in [4.78, 5) is 58.6. The number of H-pyrrole nitrogens is 1. The second kappa shape index (κ2) is 15.7. The van der Waals surface area contributed by atoms with Gasteiger partial charge in [-0.2, -0.15) is 0 Å². The van der Waals surface area contributed by atoms with Gasteiger partial charge in [0, 0.05) is 12.1 Å². The summed E-state index contributed by atoms with van der Waals surface area (Å²) in [6, 6.07) is 9.02. The second-order valence-corrected chi connectivity index (χ2v) is 12.8. The molecule has 2 aromatic carbocycles. The van der Waals surface area contributed by atoms with Crippen molar-refractivity contribution < 1.29 is 42.6 Å². The molecule has 2 aliphatic rings. The number of aliphatic carboxylic acids is 1. The lowest BCUT2D eigenvalue weighted by Gasteiger charge is -2.48. The fourth-order valence-corrected chi connectivity index (χ4v) is 7.01. The van der Waals surface area contributed by atoms with E-state index in [4.69, 9.17) is 30.5 Å².